The standard InChI is InChI=1S/C26H35N3O4S/c1-28(2)25(22-9-8-10-23(19-22)33-3)20-27-26(30)16-13-21-11-14-24(15-12-21)34(31,32)29-17-6-4-5-7-18-29/h8-16,19,25H,4-7,17-18,20H2,1-3H3,(H,27,30). The maximum Gasteiger partial charge on any atom is 0.244 e. The van der Waals surface area contributed by atoms with Crippen LogP contribution in [0.4, 0.5) is 0 Å². The molecule has 2 aromatic rings. The zero-order chi connectivity index (χ0) is 24.6. The molecular weight excluding hydrogens is 450 g/mol. The third-order valence-electron chi connectivity index (χ3n) is 6.08. The van der Waals surface area contributed by atoms with Crippen LogP contribution in [0.25, 0.3) is 6.08 Å². The van der Waals surface area contributed by atoms with Crippen LogP contribution in [0.5, 0.6) is 5.75 Å². The number of nitrogens with one attached hydrogen (secondary N) is 1. The van der Waals surface area contributed by atoms with E-state index in [1.54, 1.807) is 41.8 Å². The summed E-state index contributed by atoms with van der Waals surface area (Å²) < 4.78 is 32.7. The second kappa shape index (κ2) is 12.1. The van der Waals surface area contributed by atoms with Crippen molar-refractivity contribution in [1.82, 2.24) is 14.5 Å². The Kier molecular flexibility index (Phi) is 9.27. The monoisotopic (exact) mass is 485 g/mol. The van der Waals surface area contributed by atoms with Gasteiger partial charge in [0.2, 0.25) is 15.9 Å². The summed E-state index contributed by atoms with van der Waals surface area (Å²) in [5, 5.41) is 2.94. The van der Waals surface area contributed by atoms with Gasteiger partial charge >= 0.3 is 0 Å². The molecule has 0 spiro atoms. The number of benzene rings is 2. The molecule has 1 saturated heterocycles. The van der Waals surface area contributed by atoms with Crippen LogP contribution in [0, 0.1) is 0 Å². The Bertz CT molecular complexity index is 1070. The molecule has 7 nitrogen and oxygen atoms in total. The van der Waals surface area contributed by atoms with Crippen molar-refractivity contribution in [3.63, 3.8) is 0 Å². The predicted molar refractivity (Wildman–Crippen MR) is 135 cm³/mol. The molecule has 1 amide bonds. The van der Waals surface area contributed by atoms with Crippen LogP contribution < -0.4 is 10.1 Å². The van der Waals surface area contributed by atoms with Crippen LogP contribution >= 0.6 is 0 Å². The first kappa shape index (κ1) is 25.9. The van der Waals surface area contributed by atoms with E-state index in [-0.39, 0.29) is 11.9 Å². The summed E-state index contributed by atoms with van der Waals surface area (Å²) in [5.41, 5.74) is 1.82. The Morgan fingerprint density at radius 1 is 1.09 bits per heavy atom. The van der Waals surface area contributed by atoms with Gasteiger partial charge in [0.15, 0.2) is 0 Å². The molecule has 1 atom stereocenters. The Labute approximate surface area is 203 Å². The highest BCUT2D eigenvalue weighted by molar-refractivity contribution is 7.89. The minimum absolute atomic E-state index is 0.00377. The van der Waals surface area contributed by atoms with E-state index in [0.29, 0.717) is 24.5 Å². The van der Waals surface area contributed by atoms with E-state index < -0.39 is 10.0 Å². The first-order chi connectivity index (χ1) is 16.3. The van der Waals surface area contributed by atoms with Crippen molar-refractivity contribution in [2.24, 2.45) is 0 Å². The van der Waals surface area contributed by atoms with Crippen LogP contribution in [-0.4, -0.2) is 64.4 Å². The topological polar surface area (TPSA) is 78.9 Å². The number of methoxy groups -OCH3 is 1. The molecule has 1 aliphatic rings. The lowest BCUT2D eigenvalue weighted by Gasteiger charge is -2.25. The second-order valence-electron chi connectivity index (χ2n) is 8.72. The minimum atomic E-state index is -3.47. The fourth-order valence-electron chi connectivity index (χ4n) is 4.06. The summed E-state index contributed by atoms with van der Waals surface area (Å²) in [7, 11) is 2.09. The van der Waals surface area contributed by atoms with Gasteiger partial charge in [-0.05, 0) is 68.4 Å². The maximum atomic E-state index is 12.9. The molecule has 1 fully saturated rings. The number of hydrogen-bond donors (Lipinski definition) is 1. The van der Waals surface area contributed by atoms with Gasteiger partial charge in [-0.15, -0.1) is 0 Å². The Balaban J connectivity index is 1.59. The molecule has 0 radical (unpaired) electrons. The van der Waals surface area contributed by atoms with Crippen LogP contribution in [0.1, 0.15) is 42.9 Å². The van der Waals surface area contributed by atoms with Crippen LogP contribution in [0.15, 0.2) is 59.5 Å². The number of hydrogen-bond acceptors (Lipinski definition) is 5. The molecule has 1 N–H and O–H groups in total. The average Bonchev–Trinajstić information content (AvgIpc) is 3.13. The molecule has 1 unspecified atom stereocenters. The number of likely N-dealkylation sites (N-methyl/N-ethyl adjacent to an activating group) is 1. The van der Waals surface area contributed by atoms with Crippen LogP contribution in [-0.2, 0) is 14.8 Å². The van der Waals surface area contributed by atoms with Crippen LogP contribution in [0.2, 0.25) is 0 Å². The molecular formula is C26H35N3O4S. The third kappa shape index (κ3) is 6.91. The van der Waals surface area contributed by atoms with Crippen LogP contribution in [0.3, 0.4) is 0 Å². The quantitative estimate of drug-likeness (QED) is 0.548. The van der Waals surface area contributed by atoms with Crippen molar-refractivity contribution in [3.8, 4) is 5.75 Å². The first-order valence-corrected chi connectivity index (χ1v) is 13.1. The molecule has 34 heavy (non-hydrogen) atoms. The highest BCUT2D eigenvalue weighted by atomic mass is 32.2. The normalized spacial score (nSPS) is 16.4. The summed E-state index contributed by atoms with van der Waals surface area (Å²) in [6, 6.07) is 14.5. The van der Waals surface area contributed by atoms with Gasteiger partial charge in [0.1, 0.15) is 5.75 Å². The first-order valence-electron chi connectivity index (χ1n) is 11.7. The van der Waals surface area contributed by atoms with E-state index in [2.05, 4.69) is 5.32 Å². The average molecular weight is 486 g/mol. The fraction of sp³-hybridized carbons (Fsp3) is 0.423. The molecule has 0 saturated carbocycles. The SMILES string of the molecule is COc1cccc(C(CNC(=O)C=Cc2ccc(S(=O)(=O)N3CCCCCC3)cc2)N(C)C)c1. The number of nitrogens with zero attached hydrogens (tertiary/aromatic N) is 2. The van der Waals surface area contributed by atoms with Crippen molar-refractivity contribution in [3.05, 3.63) is 65.7 Å². The second-order valence-corrected chi connectivity index (χ2v) is 10.7. The van der Waals surface area contributed by atoms with Gasteiger partial charge in [0, 0.05) is 25.7 Å². The number of carbonyl (C=O) groups excluding carboxylic acids is 1. The highest BCUT2D eigenvalue weighted by Crippen LogP contribution is 2.23. The van der Waals surface area contributed by atoms with Crippen molar-refractivity contribution < 1.29 is 17.9 Å². The molecule has 1 heterocycles. The lowest BCUT2D eigenvalue weighted by Crippen LogP contribution is -2.33. The number of sulfonamides is 1. The molecule has 0 bridgehead atoms. The summed E-state index contributed by atoms with van der Waals surface area (Å²) in [5.74, 6) is 0.563. The molecule has 0 aromatic heterocycles. The lowest BCUT2D eigenvalue weighted by molar-refractivity contribution is -0.116. The van der Waals surface area contributed by atoms with Gasteiger partial charge < -0.3 is 15.0 Å². The Morgan fingerprint density at radius 2 is 1.76 bits per heavy atom. The van der Waals surface area contributed by atoms with E-state index in [0.717, 1.165) is 42.6 Å². The minimum Gasteiger partial charge on any atom is -0.497 e. The number of ether oxygens (including phenoxy) is 1. The van der Waals surface area contributed by atoms with E-state index >= 15 is 0 Å². The fourth-order valence-corrected chi connectivity index (χ4v) is 5.57. The molecule has 1 aliphatic heterocycles. The van der Waals surface area contributed by atoms with Crippen molar-refractivity contribution in [2.75, 3.05) is 40.8 Å². The zero-order valence-corrected chi connectivity index (χ0v) is 21.1. The van der Waals surface area contributed by atoms with Gasteiger partial charge in [-0.3, -0.25) is 4.79 Å². The van der Waals surface area contributed by atoms with Gasteiger partial charge in [-0.2, -0.15) is 4.31 Å². The Hall–Kier alpha value is -2.68. The summed E-state index contributed by atoms with van der Waals surface area (Å²) in [4.78, 5) is 14.8. The molecule has 2 aromatic carbocycles. The molecule has 0 aliphatic carbocycles. The summed E-state index contributed by atoms with van der Waals surface area (Å²) in [6.07, 6.45) is 7.12. The number of carbonyl (C=O) groups is 1. The largest absolute Gasteiger partial charge is 0.497 e. The highest BCUT2D eigenvalue weighted by Gasteiger charge is 2.24. The van der Waals surface area contributed by atoms with E-state index in [1.165, 1.54) is 6.08 Å². The van der Waals surface area contributed by atoms with Gasteiger partial charge in [-0.25, -0.2) is 8.42 Å². The van der Waals surface area contributed by atoms with Gasteiger partial charge in [0.05, 0.1) is 18.0 Å². The maximum absolute atomic E-state index is 12.9. The van der Waals surface area contributed by atoms with E-state index in [9.17, 15) is 13.2 Å². The van der Waals surface area contributed by atoms with Gasteiger partial charge in [0.25, 0.3) is 0 Å². The molecule has 184 valence electrons. The van der Waals surface area contributed by atoms with Crippen molar-refractivity contribution in [2.45, 2.75) is 36.6 Å². The Morgan fingerprint density at radius 3 is 2.38 bits per heavy atom. The van der Waals surface area contributed by atoms with Gasteiger partial charge in [-0.1, -0.05) is 37.1 Å². The number of amides is 1. The van der Waals surface area contributed by atoms with Crippen molar-refractivity contribution >= 4 is 22.0 Å². The lowest BCUT2D eigenvalue weighted by atomic mass is 10.1. The van der Waals surface area contributed by atoms with E-state index in [1.807, 2.05) is 43.3 Å². The van der Waals surface area contributed by atoms with Crippen molar-refractivity contribution in [1.29, 1.82) is 0 Å². The zero-order valence-electron chi connectivity index (χ0n) is 20.2. The molecule has 3 rings (SSSR count). The smallest absolute Gasteiger partial charge is 0.244 e. The number of rotatable bonds is 9. The third-order valence-corrected chi connectivity index (χ3v) is 7.99. The molecule has 8 heteroatoms. The van der Waals surface area contributed by atoms with E-state index in [4.69, 9.17) is 4.74 Å². The predicted octanol–water partition coefficient (Wildman–Crippen LogP) is 3.69. The summed E-state index contributed by atoms with van der Waals surface area (Å²) >= 11 is 0. The summed E-state index contributed by atoms with van der Waals surface area (Å²) in [6.45, 7) is 1.60.